The second-order valence-electron chi connectivity index (χ2n) is 14.5. The summed E-state index contributed by atoms with van der Waals surface area (Å²) in [5.41, 5.74) is -1.21. The molecule has 0 saturated heterocycles. The Morgan fingerprint density at radius 2 is 1.59 bits per heavy atom. The molecule has 3 aliphatic rings. The van der Waals surface area contributed by atoms with Crippen molar-refractivity contribution >= 4 is 11.9 Å². The fourth-order valence-electron chi connectivity index (χ4n) is 7.17. The Balaban J connectivity index is 1.73. The molecule has 0 amide bonds. The van der Waals surface area contributed by atoms with Crippen LogP contribution in [0.4, 0.5) is 0 Å². The Morgan fingerprint density at radius 3 is 2.15 bits per heavy atom. The molecule has 7 atom stereocenters. The summed E-state index contributed by atoms with van der Waals surface area (Å²) in [4.78, 5) is 26.6. The molecule has 3 rings (SSSR count). The van der Waals surface area contributed by atoms with Gasteiger partial charge in [-0.3, -0.25) is 9.59 Å². The smallest absolute Gasteiger partial charge is 0.312 e. The third-order valence-electron chi connectivity index (χ3n) is 9.39. The summed E-state index contributed by atoms with van der Waals surface area (Å²) in [6.07, 6.45) is 5.69. The van der Waals surface area contributed by atoms with Crippen LogP contribution in [0.5, 0.6) is 0 Å². The number of rotatable bonds is 7. The van der Waals surface area contributed by atoms with Crippen molar-refractivity contribution in [2.45, 2.75) is 119 Å². The van der Waals surface area contributed by atoms with Crippen molar-refractivity contribution in [2.75, 3.05) is 6.79 Å². The van der Waals surface area contributed by atoms with Gasteiger partial charge >= 0.3 is 11.9 Å². The van der Waals surface area contributed by atoms with E-state index in [2.05, 4.69) is 55.4 Å². The average molecular weight is 479 g/mol. The van der Waals surface area contributed by atoms with E-state index in [-0.39, 0.29) is 41.6 Å². The minimum Gasteiger partial charge on any atom is -0.459 e. The molecule has 5 nitrogen and oxygen atoms in total. The highest BCUT2D eigenvalue weighted by molar-refractivity contribution is 5.78. The highest BCUT2D eigenvalue weighted by Crippen LogP contribution is 2.62. The first-order chi connectivity index (χ1) is 15.5. The number of esters is 2. The molecule has 0 aliphatic heterocycles. The minimum absolute atomic E-state index is 0.0242. The zero-order valence-corrected chi connectivity index (χ0v) is 23.5. The first-order valence-corrected chi connectivity index (χ1v) is 13.5. The van der Waals surface area contributed by atoms with Crippen molar-refractivity contribution in [3.63, 3.8) is 0 Å². The molecule has 0 aromatic heterocycles. The summed E-state index contributed by atoms with van der Waals surface area (Å²) in [5, 5.41) is 0. The number of fused-ring (bicyclic) bond motifs is 5. The summed E-state index contributed by atoms with van der Waals surface area (Å²) in [7, 11) is 0. The maximum atomic E-state index is 13.9. The number of hydrogen-bond acceptors (Lipinski definition) is 5. The molecule has 0 radical (unpaired) electrons. The van der Waals surface area contributed by atoms with Gasteiger partial charge in [-0.2, -0.15) is 0 Å². The van der Waals surface area contributed by atoms with Gasteiger partial charge < -0.3 is 14.2 Å². The lowest BCUT2D eigenvalue weighted by molar-refractivity contribution is -0.190. The van der Waals surface area contributed by atoms with E-state index < -0.39 is 11.0 Å². The zero-order valence-electron chi connectivity index (χ0n) is 23.5. The van der Waals surface area contributed by atoms with Crippen LogP contribution >= 0.6 is 0 Å². The second kappa shape index (κ2) is 9.41. The normalized spacial score (nSPS) is 35.1. The fraction of sp³-hybridized carbons (Fsp3) is 0.931. The van der Waals surface area contributed by atoms with Gasteiger partial charge in [-0.05, 0) is 94.8 Å². The third kappa shape index (κ3) is 5.50. The van der Waals surface area contributed by atoms with Crippen molar-refractivity contribution in [3.8, 4) is 0 Å². The van der Waals surface area contributed by atoms with Crippen molar-refractivity contribution in [3.05, 3.63) is 0 Å². The number of hydrogen-bond donors (Lipinski definition) is 0. The molecular weight excluding hydrogens is 428 g/mol. The third-order valence-corrected chi connectivity index (χ3v) is 9.39. The highest BCUT2D eigenvalue weighted by Gasteiger charge is 2.60. The standard InChI is InChI=1S/C29H50O5/c1-18(2)32-17-33-24(30)20-13-21-19-11-12-29(10,23(15-19)22(21)14-20)34-25(31)28(9,27(6,7)8)16-26(3,4)5/h18-23H,11-17H2,1-10H3. The zero-order chi connectivity index (χ0) is 25.7. The van der Waals surface area contributed by atoms with Gasteiger partial charge in [-0.1, -0.05) is 41.5 Å². The molecule has 196 valence electrons. The monoisotopic (exact) mass is 478 g/mol. The first-order valence-electron chi connectivity index (χ1n) is 13.5. The lowest BCUT2D eigenvalue weighted by Gasteiger charge is -2.48. The van der Waals surface area contributed by atoms with Gasteiger partial charge in [-0.25, -0.2) is 0 Å². The van der Waals surface area contributed by atoms with E-state index >= 15 is 0 Å². The van der Waals surface area contributed by atoms with Gasteiger partial charge in [-0.15, -0.1) is 0 Å². The molecule has 0 heterocycles. The van der Waals surface area contributed by atoms with E-state index in [9.17, 15) is 9.59 Å². The molecule has 3 saturated carbocycles. The van der Waals surface area contributed by atoms with Gasteiger partial charge in [0.1, 0.15) is 5.60 Å². The van der Waals surface area contributed by atoms with Crippen LogP contribution < -0.4 is 0 Å². The van der Waals surface area contributed by atoms with Gasteiger partial charge in [0.2, 0.25) is 0 Å². The molecular formula is C29H50O5. The van der Waals surface area contributed by atoms with E-state index in [1.165, 1.54) is 0 Å². The molecule has 5 heteroatoms. The van der Waals surface area contributed by atoms with E-state index in [1.54, 1.807) is 0 Å². The summed E-state index contributed by atoms with van der Waals surface area (Å²) in [6.45, 7) is 21.2. The van der Waals surface area contributed by atoms with Crippen molar-refractivity contribution in [1.82, 2.24) is 0 Å². The van der Waals surface area contributed by atoms with Crippen LogP contribution in [0.15, 0.2) is 0 Å². The van der Waals surface area contributed by atoms with E-state index in [4.69, 9.17) is 14.2 Å². The summed E-state index contributed by atoms with van der Waals surface area (Å²) in [5.74, 6) is 1.68. The summed E-state index contributed by atoms with van der Waals surface area (Å²) in [6, 6.07) is 0. The van der Waals surface area contributed by atoms with E-state index in [1.807, 2.05) is 13.8 Å². The Kier molecular flexibility index (Phi) is 7.61. The van der Waals surface area contributed by atoms with Gasteiger partial charge in [0, 0.05) is 5.92 Å². The maximum absolute atomic E-state index is 13.9. The van der Waals surface area contributed by atoms with Crippen molar-refractivity contribution in [2.24, 2.45) is 45.8 Å². The second-order valence-corrected chi connectivity index (χ2v) is 14.5. The van der Waals surface area contributed by atoms with Crippen LogP contribution in [0.1, 0.15) is 108 Å². The molecule has 3 fully saturated rings. The summed E-state index contributed by atoms with van der Waals surface area (Å²) >= 11 is 0. The van der Waals surface area contributed by atoms with Gasteiger partial charge in [0.15, 0.2) is 6.79 Å². The fourth-order valence-corrected chi connectivity index (χ4v) is 7.17. The molecule has 2 bridgehead atoms. The number of carbonyl (C=O) groups excluding carboxylic acids is 2. The van der Waals surface area contributed by atoms with Crippen LogP contribution in [0.25, 0.3) is 0 Å². The van der Waals surface area contributed by atoms with Crippen LogP contribution in [0.2, 0.25) is 0 Å². The summed E-state index contributed by atoms with van der Waals surface area (Å²) < 4.78 is 17.4. The van der Waals surface area contributed by atoms with Gasteiger partial charge in [0.25, 0.3) is 0 Å². The van der Waals surface area contributed by atoms with Crippen LogP contribution in [0.3, 0.4) is 0 Å². The topological polar surface area (TPSA) is 61.8 Å². The minimum atomic E-state index is -0.568. The lowest BCUT2D eigenvalue weighted by atomic mass is 9.61. The first kappa shape index (κ1) is 27.5. The lowest BCUT2D eigenvalue weighted by Crippen LogP contribution is -2.50. The molecule has 7 unspecified atom stereocenters. The van der Waals surface area contributed by atoms with Crippen molar-refractivity contribution in [1.29, 1.82) is 0 Å². The predicted molar refractivity (Wildman–Crippen MR) is 134 cm³/mol. The number of carbonyl (C=O) groups is 2. The Hall–Kier alpha value is -1.10. The maximum Gasteiger partial charge on any atom is 0.312 e. The Morgan fingerprint density at radius 1 is 0.971 bits per heavy atom. The molecule has 0 aromatic carbocycles. The molecule has 0 aromatic rings. The Bertz CT molecular complexity index is 759. The Labute approximate surface area is 208 Å². The largest absolute Gasteiger partial charge is 0.459 e. The van der Waals surface area contributed by atoms with Gasteiger partial charge in [0.05, 0.1) is 17.4 Å². The predicted octanol–water partition coefficient (Wildman–Crippen LogP) is 6.77. The van der Waals surface area contributed by atoms with E-state index in [0.717, 1.165) is 38.5 Å². The quantitative estimate of drug-likeness (QED) is 0.298. The molecule has 34 heavy (non-hydrogen) atoms. The van der Waals surface area contributed by atoms with E-state index in [0.29, 0.717) is 23.7 Å². The molecule has 0 N–H and O–H groups in total. The van der Waals surface area contributed by atoms with Crippen LogP contribution in [-0.4, -0.2) is 30.4 Å². The van der Waals surface area contributed by atoms with Crippen molar-refractivity contribution < 1.29 is 23.8 Å². The van der Waals surface area contributed by atoms with Crippen LogP contribution in [-0.2, 0) is 23.8 Å². The molecule has 0 spiro atoms. The highest BCUT2D eigenvalue weighted by atomic mass is 16.7. The average Bonchev–Trinajstić information content (AvgIpc) is 3.21. The van der Waals surface area contributed by atoms with Crippen LogP contribution in [0, 0.1) is 45.8 Å². The molecule has 3 aliphatic carbocycles. The number of ether oxygens (including phenoxy) is 3. The SMILES string of the molecule is CC(C)OCOC(=O)C1CC2C3CCC(C)(OC(=O)C(C)(CC(C)(C)C)C(C)(C)C)C(C3)C2C1.